The number of likely N-dealkylation sites (tertiary alicyclic amines) is 1. The minimum Gasteiger partial charge on any atom is -0.468 e. The van der Waals surface area contributed by atoms with Gasteiger partial charge in [-0.1, -0.05) is 18.2 Å². The summed E-state index contributed by atoms with van der Waals surface area (Å²) >= 11 is -2.21. The van der Waals surface area contributed by atoms with Crippen molar-refractivity contribution >= 4 is 34.5 Å². The Morgan fingerprint density at radius 1 is 1.18 bits per heavy atom. The van der Waals surface area contributed by atoms with Gasteiger partial charge in [0.15, 0.2) is 0 Å². The highest BCUT2D eigenvalue weighted by Crippen LogP contribution is 2.31. The number of nitrogens with one attached hydrogen (secondary N) is 1. The van der Waals surface area contributed by atoms with E-state index in [1.54, 1.807) is 18.2 Å². The summed E-state index contributed by atoms with van der Waals surface area (Å²) < 4.78 is 28.7. The van der Waals surface area contributed by atoms with Gasteiger partial charge in [0.25, 0.3) is 17.2 Å². The highest BCUT2D eigenvalue weighted by atomic mass is 32.2. The lowest BCUT2D eigenvalue weighted by Crippen LogP contribution is -2.46. The molecule has 184 valence electrons. The molecule has 0 aliphatic carbocycles. The van der Waals surface area contributed by atoms with Crippen molar-refractivity contribution in [3.63, 3.8) is 0 Å². The van der Waals surface area contributed by atoms with Crippen LogP contribution in [0.1, 0.15) is 41.3 Å². The first kappa shape index (κ1) is 25.9. The van der Waals surface area contributed by atoms with Gasteiger partial charge in [-0.15, -0.1) is 0 Å². The zero-order valence-electron chi connectivity index (χ0n) is 20.1. The first-order chi connectivity index (χ1) is 16.2. The molecular formula is C25H33N3O5S. The third-order valence-corrected chi connectivity index (χ3v) is 7.42. The van der Waals surface area contributed by atoms with Gasteiger partial charge in [0.1, 0.15) is 0 Å². The van der Waals surface area contributed by atoms with Crippen molar-refractivity contribution in [2.75, 3.05) is 36.4 Å². The standard InChI is InChI=1S/C25H33N3O5S/c1-17-7-5-6-8-22(17)25(30)26-23-10-9-21(15-18(23)2)28(34(31)32)19(3)20-11-13-27(14-12-20)16-24(29)33-4/h5-10,15,19-20H,11-14,16H2,1-4H3,(H,26,30)(H,31,32)/t19-/m1/s1. The van der Waals surface area contributed by atoms with Crippen LogP contribution in [0.5, 0.6) is 0 Å². The van der Waals surface area contributed by atoms with E-state index < -0.39 is 11.3 Å². The van der Waals surface area contributed by atoms with Gasteiger partial charge in [-0.3, -0.25) is 23.3 Å². The maximum Gasteiger partial charge on any atom is 0.319 e. The number of carbonyl (C=O) groups is 2. The number of benzene rings is 2. The number of ether oxygens (including phenoxy) is 1. The fourth-order valence-corrected chi connectivity index (χ4v) is 5.19. The van der Waals surface area contributed by atoms with E-state index in [4.69, 9.17) is 4.74 Å². The number of esters is 1. The van der Waals surface area contributed by atoms with E-state index in [1.807, 2.05) is 49.9 Å². The predicted octanol–water partition coefficient (Wildman–Crippen LogP) is 3.77. The minimum atomic E-state index is -2.21. The molecule has 34 heavy (non-hydrogen) atoms. The number of methoxy groups -OCH3 is 1. The Labute approximate surface area is 203 Å². The SMILES string of the molecule is COC(=O)CN1CCC([C@@H](C)N(c2ccc(NC(=O)c3ccccc3C)c(C)c2)S(=O)O)CC1. The van der Waals surface area contributed by atoms with Crippen molar-refractivity contribution in [3.8, 4) is 0 Å². The molecule has 1 aliphatic heterocycles. The van der Waals surface area contributed by atoms with Crippen LogP contribution in [0.2, 0.25) is 0 Å². The van der Waals surface area contributed by atoms with Gasteiger partial charge >= 0.3 is 5.97 Å². The van der Waals surface area contributed by atoms with Crippen LogP contribution in [0.3, 0.4) is 0 Å². The summed E-state index contributed by atoms with van der Waals surface area (Å²) in [5.74, 6) is -0.246. The van der Waals surface area contributed by atoms with Crippen LogP contribution in [0, 0.1) is 19.8 Å². The van der Waals surface area contributed by atoms with Crippen LogP contribution in [0.25, 0.3) is 0 Å². The Balaban J connectivity index is 1.71. The summed E-state index contributed by atoms with van der Waals surface area (Å²) in [5.41, 5.74) is 3.58. The number of amides is 1. The Morgan fingerprint density at radius 3 is 2.44 bits per heavy atom. The minimum absolute atomic E-state index is 0.182. The third-order valence-electron chi connectivity index (χ3n) is 6.54. The predicted molar refractivity (Wildman–Crippen MR) is 134 cm³/mol. The van der Waals surface area contributed by atoms with Crippen LogP contribution < -0.4 is 9.62 Å². The molecule has 0 saturated carbocycles. The monoisotopic (exact) mass is 487 g/mol. The van der Waals surface area contributed by atoms with Crippen LogP contribution >= 0.6 is 0 Å². The fourth-order valence-electron chi connectivity index (χ4n) is 4.44. The van der Waals surface area contributed by atoms with Crippen molar-refractivity contribution in [3.05, 3.63) is 59.2 Å². The quantitative estimate of drug-likeness (QED) is 0.434. The molecule has 0 spiro atoms. The summed E-state index contributed by atoms with van der Waals surface area (Å²) in [5, 5.41) is 2.94. The number of hydrogen-bond acceptors (Lipinski definition) is 5. The van der Waals surface area contributed by atoms with Gasteiger partial charge in [0.05, 0.1) is 19.3 Å². The number of anilines is 2. The van der Waals surface area contributed by atoms with Crippen LogP contribution in [0.4, 0.5) is 11.4 Å². The van der Waals surface area contributed by atoms with Crippen molar-refractivity contribution in [1.29, 1.82) is 0 Å². The van der Waals surface area contributed by atoms with Gasteiger partial charge in [0, 0.05) is 17.3 Å². The van der Waals surface area contributed by atoms with Gasteiger partial charge in [-0.25, -0.2) is 4.21 Å². The van der Waals surface area contributed by atoms with Gasteiger partial charge in [-0.05, 0) is 88.0 Å². The number of hydrogen-bond donors (Lipinski definition) is 2. The summed E-state index contributed by atoms with van der Waals surface area (Å²) in [6.07, 6.45) is 1.63. The first-order valence-corrected chi connectivity index (χ1v) is 12.4. The molecule has 3 rings (SSSR count). The van der Waals surface area contributed by atoms with Gasteiger partial charge in [-0.2, -0.15) is 0 Å². The lowest BCUT2D eigenvalue weighted by atomic mass is 9.90. The lowest BCUT2D eigenvalue weighted by Gasteiger charge is -2.38. The summed E-state index contributed by atoms with van der Waals surface area (Å²) in [6, 6.07) is 12.6. The maximum absolute atomic E-state index is 12.7. The average molecular weight is 488 g/mol. The third kappa shape index (κ3) is 6.22. The molecule has 1 fully saturated rings. The fraction of sp³-hybridized carbons (Fsp3) is 0.440. The van der Waals surface area contributed by atoms with Crippen LogP contribution in [-0.2, 0) is 20.8 Å². The highest BCUT2D eigenvalue weighted by Gasteiger charge is 2.31. The molecule has 1 unspecified atom stereocenters. The molecular weight excluding hydrogens is 454 g/mol. The Morgan fingerprint density at radius 2 is 1.85 bits per heavy atom. The molecule has 8 nitrogen and oxygen atoms in total. The second-order valence-electron chi connectivity index (χ2n) is 8.76. The molecule has 2 aromatic carbocycles. The van der Waals surface area contributed by atoms with Crippen molar-refractivity contribution in [1.82, 2.24) is 4.90 Å². The molecule has 1 saturated heterocycles. The molecule has 0 aromatic heterocycles. The van der Waals surface area contributed by atoms with Gasteiger partial charge in [0.2, 0.25) is 0 Å². The van der Waals surface area contributed by atoms with Crippen LogP contribution in [0.15, 0.2) is 42.5 Å². The maximum atomic E-state index is 12.7. The molecule has 2 atom stereocenters. The zero-order valence-corrected chi connectivity index (χ0v) is 20.9. The van der Waals surface area contributed by atoms with E-state index in [-0.39, 0.29) is 30.4 Å². The molecule has 0 radical (unpaired) electrons. The Kier molecular flexibility index (Phi) is 8.82. The molecule has 1 heterocycles. The van der Waals surface area contributed by atoms with E-state index in [0.29, 0.717) is 16.9 Å². The number of nitrogens with zero attached hydrogens (tertiary/aromatic N) is 2. The van der Waals surface area contributed by atoms with E-state index in [1.165, 1.54) is 11.4 Å². The topological polar surface area (TPSA) is 99.2 Å². The number of piperidine rings is 1. The van der Waals surface area contributed by atoms with Crippen molar-refractivity contribution in [2.45, 2.75) is 39.7 Å². The molecule has 2 aromatic rings. The lowest BCUT2D eigenvalue weighted by molar-refractivity contribution is -0.142. The Hall–Kier alpha value is -2.75. The normalized spacial score (nSPS) is 16.5. The first-order valence-electron chi connectivity index (χ1n) is 11.4. The average Bonchev–Trinajstić information content (AvgIpc) is 2.81. The second kappa shape index (κ2) is 11.6. The molecule has 0 bridgehead atoms. The smallest absolute Gasteiger partial charge is 0.319 e. The van der Waals surface area contributed by atoms with Gasteiger partial charge < -0.3 is 10.1 Å². The van der Waals surface area contributed by atoms with Crippen LogP contribution in [-0.4, -0.2) is 58.3 Å². The van der Waals surface area contributed by atoms with Crippen molar-refractivity contribution < 1.29 is 23.1 Å². The molecule has 1 amide bonds. The largest absolute Gasteiger partial charge is 0.468 e. The van der Waals surface area contributed by atoms with E-state index in [9.17, 15) is 18.4 Å². The van der Waals surface area contributed by atoms with E-state index in [2.05, 4.69) is 5.32 Å². The summed E-state index contributed by atoms with van der Waals surface area (Å²) in [6.45, 7) is 7.45. The number of carbonyl (C=O) groups excluding carboxylic acids is 2. The Bertz CT molecular complexity index is 1050. The number of aryl methyl sites for hydroxylation is 2. The zero-order chi connectivity index (χ0) is 24.8. The summed E-state index contributed by atoms with van der Waals surface area (Å²) in [7, 11) is 1.38. The van der Waals surface area contributed by atoms with Crippen molar-refractivity contribution in [2.24, 2.45) is 5.92 Å². The highest BCUT2D eigenvalue weighted by molar-refractivity contribution is 7.80. The van der Waals surface area contributed by atoms with E-state index in [0.717, 1.165) is 37.1 Å². The molecule has 1 aliphatic rings. The summed E-state index contributed by atoms with van der Waals surface area (Å²) in [4.78, 5) is 26.3. The second-order valence-corrected chi connectivity index (χ2v) is 9.61. The number of rotatable bonds is 8. The van der Waals surface area contributed by atoms with E-state index >= 15 is 0 Å². The molecule has 2 N–H and O–H groups in total. The molecule has 9 heteroatoms.